The predicted molar refractivity (Wildman–Crippen MR) is 91.0 cm³/mol. The number of nitrogens with one attached hydrogen (secondary N) is 1. The smallest absolute Gasteiger partial charge is 0.318 e. The number of carbonyl (C=O) groups is 1. The third-order valence-electron chi connectivity index (χ3n) is 8.07. The van der Waals surface area contributed by atoms with Crippen LogP contribution in [0.3, 0.4) is 0 Å². The number of fused-ring (bicyclic) bond motifs is 2. The quantitative estimate of drug-likeness (QED) is 0.773. The molecule has 5 atom stereocenters. The van der Waals surface area contributed by atoms with Crippen LogP contribution in [0.15, 0.2) is 0 Å². The molecule has 0 aromatic heterocycles. The van der Waals surface area contributed by atoms with Crippen molar-refractivity contribution in [2.24, 2.45) is 29.1 Å². The molecule has 6 fully saturated rings. The first kappa shape index (κ1) is 14.6. The van der Waals surface area contributed by atoms with Crippen molar-refractivity contribution in [3.63, 3.8) is 0 Å². The van der Waals surface area contributed by atoms with Gasteiger partial charge in [0.15, 0.2) is 0 Å². The molecule has 23 heavy (non-hydrogen) atoms. The summed E-state index contributed by atoms with van der Waals surface area (Å²) >= 11 is 0. The Balaban J connectivity index is 1.30. The van der Waals surface area contributed by atoms with E-state index >= 15 is 0 Å². The topological polar surface area (TPSA) is 32.3 Å². The Kier molecular flexibility index (Phi) is 3.10. The second kappa shape index (κ2) is 4.89. The van der Waals surface area contributed by atoms with Crippen LogP contribution >= 0.6 is 0 Å². The number of carbonyl (C=O) groups excluding carboxylic acids is 1. The van der Waals surface area contributed by atoms with Gasteiger partial charge in [0.05, 0.1) is 0 Å². The summed E-state index contributed by atoms with van der Waals surface area (Å²) in [5.41, 5.74) is 0.595. The highest BCUT2D eigenvalue weighted by atomic mass is 16.2. The van der Waals surface area contributed by atoms with E-state index in [1.165, 1.54) is 57.8 Å². The fourth-order valence-electron chi connectivity index (χ4n) is 7.66. The van der Waals surface area contributed by atoms with Crippen molar-refractivity contribution in [1.82, 2.24) is 10.2 Å². The molecule has 1 N–H and O–H groups in total. The van der Waals surface area contributed by atoms with E-state index in [4.69, 9.17) is 0 Å². The molecule has 2 heterocycles. The third-order valence-corrected chi connectivity index (χ3v) is 8.07. The van der Waals surface area contributed by atoms with Crippen molar-refractivity contribution >= 4 is 6.03 Å². The van der Waals surface area contributed by atoms with E-state index in [1.807, 2.05) is 0 Å². The largest absolute Gasteiger partial charge is 0.335 e. The van der Waals surface area contributed by atoms with Crippen LogP contribution in [0, 0.1) is 29.1 Å². The lowest BCUT2D eigenvalue weighted by molar-refractivity contribution is -0.0647. The lowest BCUT2D eigenvalue weighted by atomic mass is 9.48. The Morgan fingerprint density at radius 1 is 1.00 bits per heavy atom. The number of nitrogens with zero attached hydrogens (tertiary/aromatic N) is 1. The van der Waals surface area contributed by atoms with Crippen molar-refractivity contribution in [2.75, 3.05) is 0 Å². The van der Waals surface area contributed by atoms with E-state index in [1.54, 1.807) is 0 Å². The minimum absolute atomic E-state index is 0.284. The van der Waals surface area contributed by atoms with Gasteiger partial charge in [-0.25, -0.2) is 4.79 Å². The molecule has 2 amide bonds. The van der Waals surface area contributed by atoms with Gasteiger partial charge in [-0.1, -0.05) is 13.8 Å². The number of rotatable bonds is 1. The molecule has 3 heteroatoms. The maximum Gasteiger partial charge on any atom is 0.318 e. The van der Waals surface area contributed by atoms with Gasteiger partial charge in [-0.15, -0.1) is 0 Å². The zero-order valence-electron chi connectivity index (χ0n) is 14.8. The van der Waals surface area contributed by atoms with Crippen LogP contribution in [-0.2, 0) is 0 Å². The molecule has 3 nitrogen and oxygen atoms in total. The first-order valence-electron chi connectivity index (χ1n) is 10.1. The Morgan fingerprint density at radius 2 is 1.61 bits per heavy atom. The van der Waals surface area contributed by atoms with Gasteiger partial charge in [0.25, 0.3) is 0 Å². The molecule has 6 rings (SSSR count). The molecule has 6 bridgehead atoms. The molecule has 0 radical (unpaired) electrons. The lowest BCUT2D eigenvalue weighted by Gasteiger charge is -2.59. The van der Waals surface area contributed by atoms with E-state index in [0.29, 0.717) is 23.5 Å². The van der Waals surface area contributed by atoms with Gasteiger partial charge >= 0.3 is 6.03 Å². The number of urea groups is 1. The Morgan fingerprint density at radius 3 is 2.17 bits per heavy atom. The number of piperidine rings is 1. The van der Waals surface area contributed by atoms with Crippen LogP contribution in [0.2, 0.25) is 0 Å². The lowest BCUT2D eigenvalue weighted by Crippen LogP contribution is -2.61. The summed E-state index contributed by atoms with van der Waals surface area (Å²) in [6.07, 6.45) is 11.8. The van der Waals surface area contributed by atoms with Crippen LogP contribution in [0.25, 0.3) is 0 Å². The predicted octanol–water partition coefficient (Wildman–Crippen LogP) is 4.17. The zero-order chi connectivity index (χ0) is 15.8. The van der Waals surface area contributed by atoms with Gasteiger partial charge in [-0.05, 0) is 86.9 Å². The maximum absolute atomic E-state index is 13.1. The summed E-state index contributed by atoms with van der Waals surface area (Å²) in [7, 11) is 0. The van der Waals surface area contributed by atoms with E-state index in [2.05, 4.69) is 24.1 Å². The molecule has 4 aliphatic carbocycles. The van der Waals surface area contributed by atoms with E-state index in [0.717, 1.165) is 23.7 Å². The van der Waals surface area contributed by atoms with Crippen LogP contribution in [0.1, 0.15) is 71.6 Å². The maximum atomic E-state index is 13.1. The standard InChI is InChI=1S/C20H32N2O/c1-12-5-16-3-4-17(6-12)22(16)19(23)21-18-14-7-13-8-15(18)11-20(2,9-13)10-14/h12-18H,3-11H2,1-2H3,(H,21,23)/t12-,13?,14?,15?,16-,17+,18-,20+. The van der Waals surface area contributed by atoms with E-state index in [-0.39, 0.29) is 6.03 Å². The molecule has 128 valence electrons. The summed E-state index contributed by atoms with van der Waals surface area (Å²) in [4.78, 5) is 15.3. The molecule has 2 saturated heterocycles. The van der Waals surface area contributed by atoms with Crippen LogP contribution in [0.5, 0.6) is 0 Å². The second-order valence-corrected chi connectivity index (χ2v) is 10.1. The molecular weight excluding hydrogens is 284 g/mol. The van der Waals surface area contributed by atoms with Gasteiger partial charge in [0.2, 0.25) is 0 Å². The molecule has 4 saturated carbocycles. The Labute approximate surface area is 140 Å². The summed E-state index contributed by atoms with van der Waals surface area (Å²) in [5.74, 6) is 3.28. The molecule has 0 spiro atoms. The fourth-order valence-corrected chi connectivity index (χ4v) is 7.66. The number of amides is 2. The molecule has 0 aromatic carbocycles. The van der Waals surface area contributed by atoms with Crippen LogP contribution < -0.4 is 5.32 Å². The van der Waals surface area contributed by atoms with Crippen molar-refractivity contribution in [3.8, 4) is 0 Å². The molecule has 2 unspecified atom stereocenters. The minimum atomic E-state index is 0.284. The van der Waals surface area contributed by atoms with Crippen molar-refractivity contribution < 1.29 is 4.79 Å². The summed E-state index contributed by atoms with van der Waals surface area (Å²) in [6.45, 7) is 4.86. The zero-order valence-corrected chi connectivity index (χ0v) is 14.8. The summed E-state index contributed by atoms with van der Waals surface area (Å²) in [6, 6.07) is 1.81. The van der Waals surface area contributed by atoms with Gasteiger partial charge in [0.1, 0.15) is 0 Å². The van der Waals surface area contributed by atoms with Gasteiger partial charge < -0.3 is 10.2 Å². The van der Waals surface area contributed by atoms with Crippen molar-refractivity contribution in [2.45, 2.75) is 89.8 Å². The molecule has 6 aliphatic rings. The van der Waals surface area contributed by atoms with Crippen molar-refractivity contribution in [3.05, 3.63) is 0 Å². The Bertz CT molecular complexity index is 488. The highest BCUT2D eigenvalue weighted by molar-refractivity contribution is 5.76. The molecule has 0 aromatic rings. The first-order valence-corrected chi connectivity index (χ1v) is 10.1. The molecular formula is C20H32N2O. The second-order valence-electron chi connectivity index (χ2n) is 10.1. The highest BCUT2D eigenvalue weighted by Gasteiger charge is 2.54. The average Bonchev–Trinajstić information content (AvgIpc) is 2.73. The normalized spacial score (nSPS) is 53.7. The minimum Gasteiger partial charge on any atom is -0.335 e. The average molecular weight is 316 g/mol. The van der Waals surface area contributed by atoms with Gasteiger partial charge in [-0.3, -0.25) is 0 Å². The summed E-state index contributed by atoms with van der Waals surface area (Å²) < 4.78 is 0. The van der Waals surface area contributed by atoms with Gasteiger partial charge in [0, 0.05) is 18.1 Å². The van der Waals surface area contributed by atoms with Gasteiger partial charge in [-0.2, -0.15) is 0 Å². The summed E-state index contributed by atoms with van der Waals surface area (Å²) in [5, 5.41) is 3.55. The van der Waals surface area contributed by atoms with Crippen molar-refractivity contribution in [1.29, 1.82) is 0 Å². The first-order chi connectivity index (χ1) is 11.0. The van der Waals surface area contributed by atoms with Crippen LogP contribution in [0.4, 0.5) is 4.79 Å². The Hall–Kier alpha value is -0.730. The van der Waals surface area contributed by atoms with E-state index in [9.17, 15) is 4.79 Å². The highest BCUT2D eigenvalue weighted by Crippen LogP contribution is 2.59. The van der Waals surface area contributed by atoms with E-state index < -0.39 is 0 Å². The molecule has 2 aliphatic heterocycles. The number of hydrogen-bond donors (Lipinski definition) is 1. The number of hydrogen-bond acceptors (Lipinski definition) is 1. The SMILES string of the molecule is C[C@@H]1C[C@H]2CC[C@@H](C1)N2C(=O)N[C@H]1C2CC3CC1C[C@](C)(C3)C2. The van der Waals surface area contributed by atoms with Crippen LogP contribution in [-0.4, -0.2) is 29.1 Å². The fraction of sp³-hybridized carbons (Fsp3) is 0.950. The monoisotopic (exact) mass is 316 g/mol. The third kappa shape index (κ3) is 2.25.